The molecule has 1 aliphatic rings. The number of carbonyl (C=O) groups excluding carboxylic acids is 2. The largest absolute Gasteiger partial charge is 0.477 e. The number of benzene rings is 2. The van der Waals surface area contributed by atoms with Crippen molar-refractivity contribution in [1.29, 1.82) is 0 Å². The van der Waals surface area contributed by atoms with Crippen LogP contribution in [0.3, 0.4) is 0 Å². The highest BCUT2D eigenvalue weighted by Crippen LogP contribution is 2.44. The minimum absolute atomic E-state index is 0.0347. The third-order valence-electron chi connectivity index (χ3n) is 5.46. The van der Waals surface area contributed by atoms with Gasteiger partial charge in [0.25, 0.3) is 0 Å². The van der Waals surface area contributed by atoms with Crippen LogP contribution in [0.2, 0.25) is 0 Å². The van der Waals surface area contributed by atoms with E-state index < -0.39 is 36.5 Å². The number of fused-ring (bicyclic) bond motifs is 3. The van der Waals surface area contributed by atoms with Gasteiger partial charge in [0.15, 0.2) is 0 Å². The molecule has 0 saturated carbocycles. The minimum Gasteiger partial charge on any atom is -0.477 e. The predicted octanol–water partition coefficient (Wildman–Crippen LogP) is 3.78. The topological polar surface area (TPSA) is 105 Å². The second-order valence-corrected chi connectivity index (χ2v) is 8.38. The van der Waals surface area contributed by atoms with Gasteiger partial charge in [-0.2, -0.15) is 8.78 Å². The Kier molecular flexibility index (Phi) is 7.30. The lowest BCUT2D eigenvalue weighted by Gasteiger charge is -2.22. The van der Waals surface area contributed by atoms with E-state index in [1.165, 1.54) is 0 Å². The van der Waals surface area contributed by atoms with Crippen LogP contribution in [0.25, 0.3) is 11.1 Å². The molecule has 1 aliphatic carbocycles. The van der Waals surface area contributed by atoms with E-state index in [-0.39, 0.29) is 24.9 Å². The lowest BCUT2D eigenvalue weighted by atomic mass is 9.98. The summed E-state index contributed by atoms with van der Waals surface area (Å²) in [5.41, 5.74) is 4.19. The first-order chi connectivity index (χ1) is 15.6. The van der Waals surface area contributed by atoms with Gasteiger partial charge in [-0.3, -0.25) is 4.79 Å². The van der Waals surface area contributed by atoms with Gasteiger partial charge in [0.05, 0.1) is 6.54 Å². The molecular weight excluding hydrogens is 434 g/mol. The Balaban J connectivity index is 1.64. The number of rotatable bonds is 9. The molecule has 0 heterocycles. The molecule has 33 heavy (non-hydrogen) atoms. The molecule has 0 saturated heterocycles. The zero-order valence-electron chi connectivity index (χ0n) is 18.3. The van der Waals surface area contributed by atoms with Crippen LogP contribution in [0.1, 0.15) is 37.3 Å². The van der Waals surface area contributed by atoms with Gasteiger partial charge in [-0.15, -0.1) is 0 Å². The van der Waals surface area contributed by atoms with E-state index in [1.807, 2.05) is 53.8 Å². The molecule has 2 aromatic carbocycles. The quantitative estimate of drug-likeness (QED) is 0.528. The zero-order valence-corrected chi connectivity index (χ0v) is 18.3. The van der Waals surface area contributed by atoms with Gasteiger partial charge in [0.2, 0.25) is 5.91 Å². The smallest absolute Gasteiger partial charge is 0.407 e. The zero-order chi connectivity index (χ0) is 24.2. The molecule has 2 aromatic rings. The fourth-order valence-corrected chi connectivity index (χ4v) is 3.88. The number of carboxylic acids is 1. The SMILES string of the molecule is CC(C)C[C@H](NC(=O)OCC1c2ccccc2-c2ccccc21)C(=O)NCC(F)(F)C(=O)O. The lowest BCUT2D eigenvalue weighted by Crippen LogP contribution is -2.51. The first kappa shape index (κ1) is 24.2. The number of carbonyl (C=O) groups is 3. The van der Waals surface area contributed by atoms with Gasteiger partial charge < -0.3 is 20.5 Å². The molecule has 2 amide bonds. The van der Waals surface area contributed by atoms with Crippen LogP contribution in [0.4, 0.5) is 13.6 Å². The molecule has 0 aromatic heterocycles. The molecular formula is C24H26F2N2O5. The van der Waals surface area contributed by atoms with E-state index in [2.05, 4.69) is 5.32 Å². The number of alkyl halides is 2. The van der Waals surface area contributed by atoms with Crippen molar-refractivity contribution in [2.24, 2.45) is 5.92 Å². The van der Waals surface area contributed by atoms with Crippen LogP contribution in [0.5, 0.6) is 0 Å². The summed E-state index contributed by atoms with van der Waals surface area (Å²) >= 11 is 0. The number of hydrogen-bond donors (Lipinski definition) is 3. The normalized spacial score (nSPS) is 13.7. The molecule has 176 valence electrons. The summed E-state index contributed by atoms with van der Waals surface area (Å²) in [6, 6.07) is 14.5. The van der Waals surface area contributed by atoms with Crippen molar-refractivity contribution in [3.8, 4) is 11.1 Å². The Morgan fingerprint density at radius 2 is 1.58 bits per heavy atom. The summed E-state index contributed by atoms with van der Waals surface area (Å²) in [6.07, 6.45) is -0.697. The maximum Gasteiger partial charge on any atom is 0.407 e. The van der Waals surface area contributed by atoms with Gasteiger partial charge in [-0.05, 0) is 34.6 Å². The molecule has 0 unspecified atom stereocenters. The highest BCUT2D eigenvalue weighted by atomic mass is 19.3. The molecule has 0 bridgehead atoms. The highest BCUT2D eigenvalue weighted by Gasteiger charge is 2.39. The highest BCUT2D eigenvalue weighted by molar-refractivity contribution is 5.86. The van der Waals surface area contributed by atoms with Crippen LogP contribution in [0.15, 0.2) is 48.5 Å². The molecule has 1 atom stereocenters. The first-order valence-corrected chi connectivity index (χ1v) is 10.6. The molecule has 7 nitrogen and oxygen atoms in total. The second kappa shape index (κ2) is 9.97. The third kappa shape index (κ3) is 5.66. The molecule has 0 aliphatic heterocycles. The van der Waals surface area contributed by atoms with E-state index in [0.29, 0.717) is 0 Å². The van der Waals surface area contributed by atoms with Crippen LogP contribution < -0.4 is 10.6 Å². The van der Waals surface area contributed by atoms with E-state index in [9.17, 15) is 23.2 Å². The van der Waals surface area contributed by atoms with E-state index in [4.69, 9.17) is 9.84 Å². The van der Waals surface area contributed by atoms with Crippen molar-refractivity contribution in [2.45, 2.75) is 38.2 Å². The summed E-state index contributed by atoms with van der Waals surface area (Å²) in [6.45, 7) is 2.26. The Bertz CT molecular complexity index is 996. The number of alkyl carbamates (subject to hydrolysis) is 1. The van der Waals surface area contributed by atoms with Crippen molar-refractivity contribution in [1.82, 2.24) is 10.6 Å². The van der Waals surface area contributed by atoms with Crippen LogP contribution in [-0.4, -0.2) is 48.2 Å². The number of ether oxygens (including phenoxy) is 1. The molecule has 0 spiro atoms. The number of nitrogens with one attached hydrogen (secondary N) is 2. The molecule has 0 radical (unpaired) electrons. The predicted molar refractivity (Wildman–Crippen MR) is 117 cm³/mol. The minimum atomic E-state index is -4.11. The Hall–Kier alpha value is -3.49. The first-order valence-electron chi connectivity index (χ1n) is 10.6. The van der Waals surface area contributed by atoms with E-state index in [1.54, 1.807) is 13.8 Å². The third-order valence-corrected chi connectivity index (χ3v) is 5.46. The Morgan fingerprint density at radius 3 is 2.09 bits per heavy atom. The number of hydrogen-bond acceptors (Lipinski definition) is 4. The van der Waals surface area contributed by atoms with Gasteiger partial charge in [-0.25, -0.2) is 9.59 Å². The van der Waals surface area contributed by atoms with Crippen LogP contribution in [-0.2, 0) is 14.3 Å². The van der Waals surface area contributed by atoms with Gasteiger partial charge in [0.1, 0.15) is 12.6 Å². The molecule has 3 N–H and O–H groups in total. The van der Waals surface area contributed by atoms with Crippen molar-refractivity contribution in [2.75, 3.05) is 13.2 Å². The maximum absolute atomic E-state index is 13.3. The fraction of sp³-hybridized carbons (Fsp3) is 0.375. The summed E-state index contributed by atoms with van der Waals surface area (Å²) in [4.78, 5) is 35.4. The van der Waals surface area contributed by atoms with Crippen molar-refractivity contribution >= 4 is 18.0 Å². The van der Waals surface area contributed by atoms with E-state index >= 15 is 0 Å². The number of halogens is 2. The van der Waals surface area contributed by atoms with Crippen LogP contribution in [0, 0.1) is 5.92 Å². The summed E-state index contributed by atoms with van der Waals surface area (Å²) < 4.78 is 32.0. The summed E-state index contributed by atoms with van der Waals surface area (Å²) in [5.74, 6) is -7.57. The maximum atomic E-state index is 13.3. The Morgan fingerprint density at radius 1 is 1.03 bits per heavy atom. The standard InChI is InChI=1S/C24H26F2N2O5/c1-14(2)11-20(21(29)27-13-24(25,26)22(30)31)28-23(32)33-12-19-17-9-5-3-7-15(17)16-8-4-6-10-18(16)19/h3-10,14,19-20H,11-13H2,1-2H3,(H,27,29)(H,28,32)(H,30,31)/t20-/m0/s1. The van der Waals surface area contributed by atoms with Gasteiger partial charge in [-0.1, -0.05) is 62.4 Å². The summed E-state index contributed by atoms with van der Waals surface area (Å²) in [5, 5.41) is 12.8. The second-order valence-electron chi connectivity index (χ2n) is 8.38. The Labute approximate surface area is 190 Å². The van der Waals surface area contributed by atoms with Crippen molar-refractivity contribution in [3.63, 3.8) is 0 Å². The monoisotopic (exact) mass is 460 g/mol. The fourth-order valence-electron chi connectivity index (χ4n) is 3.88. The van der Waals surface area contributed by atoms with Crippen molar-refractivity contribution in [3.05, 3.63) is 59.7 Å². The molecule has 3 rings (SSSR count). The average molecular weight is 460 g/mol. The van der Waals surface area contributed by atoms with Crippen LogP contribution >= 0.6 is 0 Å². The van der Waals surface area contributed by atoms with E-state index in [0.717, 1.165) is 22.3 Å². The average Bonchev–Trinajstić information content (AvgIpc) is 3.09. The summed E-state index contributed by atoms with van der Waals surface area (Å²) in [7, 11) is 0. The number of amides is 2. The van der Waals surface area contributed by atoms with Crippen molar-refractivity contribution < 1.29 is 33.0 Å². The van der Waals surface area contributed by atoms with Gasteiger partial charge >= 0.3 is 18.0 Å². The number of aliphatic carboxylic acids is 1. The molecule has 9 heteroatoms. The lowest BCUT2D eigenvalue weighted by molar-refractivity contribution is -0.164. The molecule has 0 fully saturated rings. The van der Waals surface area contributed by atoms with Gasteiger partial charge in [0, 0.05) is 5.92 Å². The number of carboxylic acid groups (broad SMARTS) is 1.